The number of nitrogens with zero attached hydrogens (tertiary/aromatic N) is 2. The van der Waals surface area contributed by atoms with Gasteiger partial charge in [-0.3, -0.25) is 9.59 Å². The first kappa shape index (κ1) is 23.2. The van der Waals surface area contributed by atoms with Crippen molar-refractivity contribution in [2.75, 3.05) is 6.61 Å². The van der Waals surface area contributed by atoms with Crippen LogP contribution in [0, 0.1) is 6.92 Å². The molecule has 1 aliphatic carbocycles. The fraction of sp³-hybridized carbons (Fsp3) is 0.379. The molecule has 6 heteroatoms. The van der Waals surface area contributed by atoms with Gasteiger partial charge < -0.3 is 19.3 Å². The van der Waals surface area contributed by atoms with Crippen molar-refractivity contribution < 1.29 is 19.4 Å². The molecule has 182 valence electrons. The molecular weight excluding hydrogens is 440 g/mol. The maximum absolute atomic E-state index is 13.5. The van der Waals surface area contributed by atoms with Crippen LogP contribution in [0.15, 0.2) is 54.2 Å². The monoisotopic (exact) mass is 472 g/mol. The summed E-state index contributed by atoms with van der Waals surface area (Å²) in [6.45, 7) is 4.58. The highest BCUT2D eigenvalue weighted by Crippen LogP contribution is 2.45. The van der Waals surface area contributed by atoms with Gasteiger partial charge in [-0.05, 0) is 56.0 Å². The van der Waals surface area contributed by atoms with E-state index in [4.69, 9.17) is 4.74 Å². The molecular formula is C29H32N2O4. The molecule has 0 bridgehead atoms. The van der Waals surface area contributed by atoms with E-state index in [0.29, 0.717) is 12.2 Å². The number of Topliss-reactive ketones (excluding diaryl/α,β-unsaturated/α-hetero) is 1. The number of amides is 1. The van der Waals surface area contributed by atoms with Gasteiger partial charge in [0.05, 0.1) is 18.2 Å². The number of benzene rings is 2. The molecule has 1 amide bonds. The number of aliphatic hydroxyl groups is 1. The zero-order valence-corrected chi connectivity index (χ0v) is 20.6. The van der Waals surface area contributed by atoms with Crippen LogP contribution in [0.3, 0.4) is 0 Å². The van der Waals surface area contributed by atoms with Crippen LogP contribution < -0.4 is 4.74 Å². The summed E-state index contributed by atoms with van der Waals surface area (Å²) in [4.78, 5) is 28.6. The Morgan fingerprint density at radius 2 is 1.86 bits per heavy atom. The second kappa shape index (κ2) is 9.25. The zero-order valence-electron chi connectivity index (χ0n) is 20.6. The second-order valence-electron chi connectivity index (χ2n) is 9.69. The Morgan fingerprint density at radius 1 is 1.11 bits per heavy atom. The number of ether oxygens (including phenoxy) is 1. The summed E-state index contributed by atoms with van der Waals surface area (Å²) in [6.07, 6.45) is 6.71. The van der Waals surface area contributed by atoms with E-state index in [1.165, 1.54) is 0 Å². The first-order valence-corrected chi connectivity index (χ1v) is 12.5. The summed E-state index contributed by atoms with van der Waals surface area (Å²) in [5, 5.41) is 12.5. The van der Waals surface area contributed by atoms with E-state index >= 15 is 0 Å². The van der Waals surface area contributed by atoms with Crippen molar-refractivity contribution in [3.8, 4) is 5.75 Å². The summed E-state index contributed by atoms with van der Waals surface area (Å²) in [5.41, 5.74) is 3.44. The van der Waals surface area contributed by atoms with Crippen molar-refractivity contribution >= 4 is 28.4 Å². The zero-order chi connectivity index (χ0) is 24.7. The number of hydrogen-bond donors (Lipinski definition) is 1. The van der Waals surface area contributed by atoms with Crippen LogP contribution >= 0.6 is 0 Å². The first-order chi connectivity index (χ1) is 16.9. The highest BCUT2D eigenvalue weighted by molar-refractivity contribution is 6.46. The molecule has 1 aliphatic heterocycles. The maximum atomic E-state index is 13.5. The number of carbonyl (C=O) groups is 2. The lowest BCUT2D eigenvalue weighted by Crippen LogP contribution is -2.37. The fourth-order valence-electron chi connectivity index (χ4n) is 5.63. The SMILES string of the molecule is CCCOc1ccc(/C(O)=C2\C(=O)C(=O)N(C3CCCC3)C2c2cn(C)c3ccccc23)cc1C. The molecule has 0 spiro atoms. The molecule has 2 aromatic carbocycles. The van der Waals surface area contributed by atoms with Crippen LogP contribution in [-0.4, -0.2) is 38.9 Å². The van der Waals surface area contributed by atoms with E-state index in [-0.39, 0.29) is 17.4 Å². The van der Waals surface area contributed by atoms with Crippen molar-refractivity contribution in [3.63, 3.8) is 0 Å². The second-order valence-corrected chi connectivity index (χ2v) is 9.69. The van der Waals surface area contributed by atoms with Gasteiger partial charge in [0.2, 0.25) is 0 Å². The summed E-state index contributed by atoms with van der Waals surface area (Å²) in [5.74, 6) is -0.514. The third-order valence-corrected chi connectivity index (χ3v) is 7.33. The molecule has 2 heterocycles. The Morgan fingerprint density at radius 3 is 2.57 bits per heavy atom. The molecule has 1 aromatic heterocycles. The maximum Gasteiger partial charge on any atom is 0.295 e. The third kappa shape index (κ3) is 3.91. The molecule has 1 saturated carbocycles. The molecule has 0 radical (unpaired) electrons. The average Bonchev–Trinajstić information content (AvgIpc) is 3.56. The number of carbonyl (C=O) groups excluding carboxylic acids is 2. The van der Waals surface area contributed by atoms with Crippen LogP contribution in [-0.2, 0) is 16.6 Å². The number of likely N-dealkylation sites (tertiary alicyclic amines) is 1. The molecule has 3 aromatic rings. The van der Waals surface area contributed by atoms with Crippen LogP contribution in [0.2, 0.25) is 0 Å². The number of ketones is 1. The van der Waals surface area contributed by atoms with Crippen molar-refractivity contribution in [2.24, 2.45) is 7.05 Å². The van der Waals surface area contributed by atoms with Crippen molar-refractivity contribution in [2.45, 2.75) is 58.0 Å². The summed E-state index contributed by atoms with van der Waals surface area (Å²) < 4.78 is 7.80. The van der Waals surface area contributed by atoms with Gasteiger partial charge in [-0.2, -0.15) is 0 Å². The molecule has 1 N–H and O–H groups in total. The molecule has 35 heavy (non-hydrogen) atoms. The number of aromatic nitrogens is 1. The summed E-state index contributed by atoms with van der Waals surface area (Å²) in [7, 11) is 1.96. The van der Waals surface area contributed by atoms with Gasteiger partial charge >= 0.3 is 0 Å². The number of rotatable bonds is 6. The molecule has 6 nitrogen and oxygen atoms in total. The van der Waals surface area contributed by atoms with E-state index in [0.717, 1.165) is 59.9 Å². The van der Waals surface area contributed by atoms with Gasteiger partial charge in [0.25, 0.3) is 11.7 Å². The van der Waals surface area contributed by atoms with E-state index in [9.17, 15) is 14.7 Å². The van der Waals surface area contributed by atoms with E-state index < -0.39 is 17.7 Å². The number of hydrogen-bond acceptors (Lipinski definition) is 4. The normalized spacial score (nSPS) is 20.3. The molecule has 2 aliphatic rings. The van der Waals surface area contributed by atoms with E-state index in [1.54, 1.807) is 11.0 Å². The lowest BCUT2D eigenvalue weighted by atomic mass is 9.94. The predicted molar refractivity (Wildman–Crippen MR) is 136 cm³/mol. The minimum atomic E-state index is -0.625. The lowest BCUT2D eigenvalue weighted by molar-refractivity contribution is -0.141. The molecule has 1 atom stereocenters. The molecule has 2 fully saturated rings. The molecule has 1 saturated heterocycles. The van der Waals surface area contributed by atoms with Gasteiger partial charge in [0.1, 0.15) is 11.5 Å². The quantitative estimate of drug-likeness (QED) is 0.286. The third-order valence-electron chi connectivity index (χ3n) is 7.33. The van der Waals surface area contributed by atoms with Crippen molar-refractivity contribution in [1.82, 2.24) is 9.47 Å². The largest absolute Gasteiger partial charge is 0.507 e. The summed E-state index contributed by atoms with van der Waals surface area (Å²) in [6, 6.07) is 12.8. The van der Waals surface area contributed by atoms with E-state index in [1.807, 2.05) is 68.1 Å². The standard InChI is InChI=1S/C29H32N2O4/c1-4-15-35-24-14-13-19(16-18(24)2)27(32)25-26(22-17-30(3)23-12-8-7-11-21(22)23)31(29(34)28(25)33)20-9-5-6-10-20/h7-8,11-14,16-17,20,26,32H,4-6,9-10,15H2,1-3H3/b27-25+. The van der Waals surface area contributed by atoms with Crippen LogP contribution in [0.1, 0.15) is 61.8 Å². The molecule has 5 rings (SSSR count). The highest BCUT2D eigenvalue weighted by Gasteiger charge is 2.50. The highest BCUT2D eigenvalue weighted by atomic mass is 16.5. The van der Waals surface area contributed by atoms with Gasteiger partial charge in [0.15, 0.2) is 0 Å². The fourth-order valence-corrected chi connectivity index (χ4v) is 5.63. The topological polar surface area (TPSA) is 71.8 Å². The lowest BCUT2D eigenvalue weighted by Gasteiger charge is -2.30. The van der Waals surface area contributed by atoms with Gasteiger partial charge in [-0.1, -0.05) is 38.0 Å². The Bertz CT molecular complexity index is 1330. The van der Waals surface area contributed by atoms with E-state index in [2.05, 4.69) is 0 Å². The Hall–Kier alpha value is -3.54. The Labute approximate surface area is 205 Å². The van der Waals surface area contributed by atoms with Crippen LogP contribution in [0.5, 0.6) is 5.75 Å². The van der Waals surface area contributed by atoms with Gasteiger partial charge in [0, 0.05) is 41.3 Å². The minimum absolute atomic E-state index is 0.00715. The predicted octanol–water partition coefficient (Wildman–Crippen LogP) is 5.64. The smallest absolute Gasteiger partial charge is 0.295 e. The Kier molecular flexibility index (Phi) is 6.13. The van der Waals surface area contributed by atoms with Crippen molar-refractivity contribution in [3.05, 3.63) is 70.9 Å². The van der Waals surface area contributed by atoms with Crippen LogP contribution in [0.25, 0.3) is 16.7 Å². The number of para-hydroxylation sites is 1. The van der Waals surface area contributed by atoms with Crippen LogP contribution in [0.4, 0.5) is 0 Å². The number of aryl methyl sites for hydroxylation is 2. The van der Waals surface area contributed by atoms with Gasteiger partial charge in [-0.25, -0.2) is 0 Å². The first-order valence-electron chi connectivity index (χ1n) is 12.5. The average molecular weight is 473 g/mol. The minimum Gasteiger partial charge on any atom is -0.507 e. The van der Waals surface area contributed by atoms with Gasteiger partial charge in [-0.15, -0.1) is 0 Å². The Balaban J connectivity index is 1.68. The van der Waals surface area contributed by atoms with Crippen molar-refractivity contribution in [1.29, 1.82) is 0 Å². The summed E-state index contributed by atoms with van der Waals surface area (Å²) >= 11 is 0. The number of aliphatic hydroxyl groups excluding tert-OH is 1. The number of fused-ring (bicyclic) bond motifs is 1. The molecule has 1 unspecified atom stereocenters.